The zero-order valence-electron chi connectivity index (χ0n) is 19.0. The fraction of sp³-hybridized carbons (Fsp3) is 0.370. The van der Waals surface area contributed by atoms with Gasteiger partial charge in [-0.15, -0.1) is 0 Å². The molecule has 0 radical (unpaired) electrons. The minimum Gasteiger partial charge on any atom is -0.493 e. The van der Waals surface area contributed by atoms with Gasteiger partial charge in [-0.05, 0) is 43.3 Å². The molecule has 3 atom stereocenters. The smallest absolute Gasteiger partial charge is 0.332 e. The second kappa shape index (κ2) is 9.04. The molecular formula is C27H29NO5. The summed E-state index contributed by atoms with van der Waals surface area (Å²) in [7, 11) is 3.84. The lowest BCUT2D eigenvalue weighted by atomic mass is 9.69. The molecule has 33 heavy (non-hydrogen) atoms. The molecular weight excluding hydrogens is 418 g/mol. The molecule has 0 N–H and O–H groups in total. The summed E-state index contributed by atoms with van der Waals surface area (Å²) in [6, 6.07) is 13.8. The fourth-order valence-corrected chi connectivity index (χ4v) is 5.14. The average molecular weight is 448 g/mol. The van der Waals surface area contributed by atoms with Crippen molar-refractivity contribution in [1.29, 1.82) is 0 Å². The molecule has 2 aromatic rings. The van der Waals surface area contributed by atoms with E-state index < -0.39 is 5.97 Å². The largest absolute Gasteiger partial charge is 0.493 e. The lowest BCUT2D eigenvalue weighted by Gasteiger charge is -2.36. The summed E-state index contributed by atoms with van der Waals surface area (Å²) in [6.07, 6.45) is 8.92. The Morgan fingerprint density at radius 1 is 1.24 bits per heavy atom. The summed E-state index contributed by atoms with van der Waals surface area (Å²) in [4.78, 5) is 14.4. The van der Waals surface area contributed by atoms with Crippen molar-refractivity contribution in [3.63, 3.8) is 0 Å². The number of carbonyl (C=O) groups excluding carboxylic acids is 1. The van der Waals surface area contributed by atoms with E-state index in [9.17, 15) is 4.79 Å². The van der Waals surface area contributed by atoms with Gasteiger partial charge in [0.15, 0.2) is 18.3 Å². The predicted octanol–water partition coefficient (Wildman–Crippen LogP) is 4.09. The van der Waals surface area contributed by atoms with Crippen LogP contribution in [-0.4, -0.2) is 50.6 Å². The van der Waals surface area contributed by atoms with Crippen LogP contribution in [0.25, 0.3) is 6.08 Å². The van der Waals surface area contributed by atoms with Gasteiger partial charge in [0.2, 0.25) is 0 Å². The van der Waals surface area contributed by atoms with Crippen LogP contribution in [0, 0.1) is 0 Å². The second-order valence-corrected chi connectivity index (χ2v) is 8.89. The number of nitrogens with zero attached hydrogens (tertiary/aromatic N) is 1. The topological polar surface area (TPSA) is 57.2 Å². The summed E-state index contributed by atoms with van der Waals surface area (Å²) in [6.45, 7) is 1.78. The Hall–Kier alpha value is -3.09. The van der Waals surface area contributed by atoms with Gasteiger partial charge < -0.3 is 23.8 Å². The highest BCUT2D eigenvalue weighted by Crippen LogP contribution is 2.55. The Labute approximate surface area is 194 Å². The molecule has 0 saturated carbocycles. The van der Waals surface area contributed by atoms with E-state index in [4.69, 9.17) is 18.9 Å². The number of benzene rings is 2. The van der Waals surface area contributed by atoms with E-state index in [0.717, 1.165) is 36.6 Å². The molecule has 172 valence electrons. The summed E-state index contributed by atoms with van der Waals surface area (Å²) >= 11 is 0. The third-order valence-electron chi connectivity index (χ3n) is 6.82. The fourth-order valence-electron chi connectivity index (χ4n) is 5.14. The van der Waals surface area contributed by atoms with E-state index in [1.54, 1.807) is 13.2 Å². The third kappa shape index (κ3) is 4.16. The number of esters is 1. The maximum Gasteiger partial charge on any atom is 0.332 e. The van der Waals surface area contributed by atoms with Crippen LogP contribution in [0.15, 0.2) is 60.7 Å². The molecule has 0 amide bonds. The molecule has 5 rings (SSSR count). The van der Waals surface area contributed by atoms with E-state index in [2.05, 4.69) is 30.2 Å². The molecule has 2 aliphatic heterocycles. The first kappa shape index (κ1) is 21.7. The predicted molar refractivity (Wildman–Crippen MR) is 125 cm³/mol. The molecule has 6 nitrogen and oxygen atoms in total. The van der Waals surface area contributed by atoms with Gasteiger partial charge in [-0.1, -0.05) is 48.6 Å². The van der Waals surface area contributed by atoms with Gasteiger partial charge in [0.05, 0.1) is 18.6 Å². The number of ether oxygens (including phenoxy) is 4. The van der Waals surface area contributed by atoms with Gasteiger partial charge in [0, 0.05) is 24.6 Å². The van der Waals surface area contributed by atoms with Crippen molar-refractivity contribution in [2.24, 2.45) is 0 Å². The molecule has 2 heterocycles. The molecule has 3 aliphatic rings. The summed E-state index contributed by atoms with van der Waals surface area (Å²) in [5, 5.41) is 0. The SMILES string of the molecule is COc1ccc2c3c1OC1CC(OCOC(=O)C=Cc4ccccc4)C=CC31CCN(C)C2. The average Bonchev–Trinajstić information content (AvgIpc) is 3.09. The van der Waals surface area contributed by atoms with Crippen LogP contribution in [0.4, 0.5) is 0 Å². The summed E-state index contributed by atoms with van der Waals surface area (Å²) in [5.41, 5.74) is 3.30. The maximum atomic E-state index is 12.0. The van der Waals surface area contributed by atoms with Gasteiger partial charge >= 0.3 is 5.97 Å². The van der Waals surface area contributed by atoms with E-state index in [-0.39, 0.29) is 24.4 Å². The van der Waals surface area contributed by atoms with Crippen LogP contribution in [0.5, 0.6) is 11.5 Å². The molecule has 0 aromatic heterocycles. The van der Waals surface area contributed by atoms with Gasteiger partial charge in [0.1, 0.15) is 6.10 Å². The number of hydrogen-bond donors (Lipinski definition) is 0. The molecule has 1 spiro atoms. The van der Waals surface area contributed by atoms with Crippen molar-refractivity contribution in [3.8, 4) is 11.5 Å². The molecule has 6 heteroatoms. The number of carbonyl (C=O) groups is 1. The maximum absolute atomic E-state index is 12.0. The van der Waals surface area contributed by atoms with Crippen molar-refractivity contribution in [3.05, 3.63) is 77.4 Å². The van der Waals surface area contributed by atoms with E-state index in [1.807, 2.05) is 36.4 Å². The second-order valence-electron chi connectivity index (χ2n) is 8.89. The van der Waals surface area contributed by atoms with Gasteiger partial charge in [-0.2, -0.15) is 0 Å². The molecule has 0 saturated heterocycles. The van der Waals surface area contributed by atoms with Crippen LogP contribution in [0.3, 0.4) is 0 Å². The van der Waals surface area contributed by atoms with Crippen molar-refractivity contribution >= 4 is 12.0 Å². The summed E-state index contributed by atoms with van der Waals surface area (Å²) < 4.78 is 23.2. The number of hydrogen-bond acceptors (Lipinski definition) is 6. The molecule has 1 aliphatic carbocycles. The van der Waals surface area contributed by atoms with E-state index >= 15 is 0 Å². The minimum atomic E-state index is -0.430. The number of rotatable bonds is 6. The highest BCUT2D eigenvalue weighted by atomic mass is 16.7. The van der Waals surface area contributed by atoms with Gasteiger partial charge in [-0.25, -0.2) is 4.79 Å². The first-order valence-electron chi connectivity index (χ1n) is 11.4. The molecule has 3 unspecified atom stereocenters. The van der Waals surface area contributed by atoms with Crippen LogP contribution in [0.1, 0.15) is 29.5 Å². The van der Waals surface area contributed by atoms with Crippen LogP contribution < -0.4 is 9.47 Å². The Balaban J connectivity index is 1.26. The van der Waals surface area contributed by atoms with Crippen LogP contribution >= 0.6 is 0 Å². The lowest BCUT2D eigenvalue weighted by Crippen LogP contribution is -2.43. The van der Waals surface area contributed by atoms with Crippen molar-refractivity contribution in [2.45, 2.75) is 37.0 Å². The Bertz CT molecular complexity index is 1080. The molecule has 0 fully saturated rings. The van der Waals surface area contributed by atoms with E-state index in [1.165, 1.54) is 17.2 Å². The van der Waals surface area contributed by atoms with Crippen LogP contribution in [-0.2, 0) is 26.2 Å². The van der Waals surface area contributed by atoms with Gasteiger partial charge in [-0.3, -0.25) is 0 Å². The van der Waals surface area contributed by atoms with Crippen molar-refractivity contribution < 1.29 is 23.7 Å². The van der Waals surface area contributed by atoms with Crippen molar-refractivity contribution in [2.75, 3.05) is 27.5 Å². The highest BCUT2D eigenvalue weighted by molar-refractivity contribution is 5.86. The minimum absolute atomic E-state index is 0.0438. The Kier molecular flexibility index (Phi) is 5.96. The monoisotopic (exact) mass is 447 g/mol. The first-order valence-corrected chi connectivity index (χ1v) is 11.4. The normalized spacial score (nSPS) is 25.8. The van der Waals surface area contributed by atoms with Crippen molar-refractivity contribution in [1.82, 2.24) is 4.90 Å². The Morgan fingerprint density at radius 2 is 2.09 bits per heavy atom. The Morgan fingerprint density at radius 3 is 2.91 bits per heavy atom. The number of methoxy groups -OCH3 is 1. The molecule has 2 aromatic carbocycles. The summed E-state index contributed by atoms with van der Waals surface area (Å²) in [5.74, 6) is 1.20. The zero-order valence-corrected chi connectivity index (χ0v) is 19.0. The highest BCUT2D eigenvalue weighted by Gasteiger charge is 2.52. The van der Waals surface area contributed by atoms with E-state index in [0.29, 0.717) is 6.42 Å². The standard InChI is InChI=1S/C27H29NO5/c1-28-15-14-27-13-12-21(31-18-32-24(29)11-8-19-6-4-3-5-7-19)16-23(27)33-26-22(30-2)10-9-20(17-28)25(26)27/h3-13,21,23H,14-18H2,1-2H3. The third-order valence-corrected chi connectivity index (χ3v) is 6.82. The van der Waals surface area contributed by atoms with Gasteiger partial charge in [0.25, 0.3) is 0 Å². The van der Waals surface area contributed by atoms with Crippen LogP contribution in [0.2, 0.25) is 0 Å². The quantitative estimate of drug-likeness (QED) is 0.288. The lowest BCUT2D eigenvalue weighted by molar-refractivity contribution is -0.154. The first-order chi connectivity index (χ1) is 16.1. The molecule has 0 bridgehead atoms. The zero-order chi connectivity index (χ0) is 22.8.